The zero-order valence-corrected chi connectivity index (χ0v) is 13.7. The third kappa shape index (κ3) is 3.00. The molecule has 1 fully saturated rings. The first-order chi connectivity index (χ1) is 9.92. The third-order valence-corrected chi connectivity index (χ3v) is 6.17. The van der Waals surface area contributed by atoms with Crippen LogP contribution >= 0.6 is 0 Å². The molecule has 116 valence electrons. The lowest BCUT2D eigenvalue weighted by molar-refractivity contribution is 0.213. The van der Waals surface area contributed by atoms with Gasteiger partial charge in [-0.1, -0.05) is 31.2 Å². The summed E-state index contributed by atoms with van der Waals surface area (Å²) in [6.07, 6.45) is 3.41. The maximum atomic E-state index is 12.2. The van der Waals surface area contributed by atoms with E-state index in [0.717, 1.165) is 38.0 Å². The molecule has 1 atom stereocenters. The summed E-state index contributed by atoms with van der Waals surface area (Å²) in [5.74, 6) is 0. The lowest BCUT2D eigenvalue weighted by Crippen LogP contribution is -2.41. The van der Waals surface area contributed by atoms with E-state index in [0.29, 0.717) is 13.1 Å². The van der Waals surface area contributed by atoms with Crippen LogP contribution in [0.3, 0.4) is 0 Å². The topological polar surface area (TPSA) is 40.6 Å². The minimum atomic E-state index is -3.16. The molecule has 2 aliphatic heterocycles. The van der Waals surface area contributed by atoms with Gasteiger partial charge in [0.2, 0.25) is 10.0 Å². The number of fused-ring (bicyclic) bond motifs is 1. The Kier molecular flexibility index (Phi) is 3.84. The van der Waals surface area contributed by atoms with Crippen LogP contribution in [0.4, 0.5) is 0 Å². The monoisotopic (exact) mass is 308 g/mol. The Hall–Kier alpha value is -0.910. The van der Waals surface area contributed by atoms with Crippen LogP contribution in [-0.4, -0.2) is 50.1 Å². The lowest BCUT2D eigenvalue weighted by atomic mass is 9.80. The van der Waals surface area contributed by atoms with E-state index in [4.69, 9.17) is 0 Å². The van der Waals surface area contributed by atoms with Crippen LogP contribution in [-0.2, 0) is 23.0 Å². The van der Waals surface area contributed by atoms with E-state index in [1.54, 1.807) is 4.31 Å². The fourth-order valence-corrected chi connectivity index (χ4v) is 4.65. The molecule has 1 spiro atoms. The summed E-state index contributed by atoms with van der Waals surface area (Å²) in [5, 5.41) is 0. The number of hydrogen-bond donors (Lipinski definition) is 0. The second-order valence-electron chi connectivity index (χ2n) is 6.60. The zero-order valence-electron chi connectivity index (χ0n) is 12.9. The Bertz CT molecular complexity index is 629. The molecule has 0 aliphatic carbocycles. The van der Waals surface area contributed by atoms with E-state index in [1.165, 1.54) is 11.8 Å². The second kappa shape index (κ2) is 5.38. The van der Waals surface area contributed by atoms with Crippen LogP contribution < -0.4 is 0 Å². The molecule has 0 saturated carbocycles. The van der Waals surface area contributed by atoms with Crippen LogP contribution in [0, 0.1) is 5.41 Å². The highest BCUT2D eigenvalue weighted by atomic mass is 32.2. The van der Waals surface area contributed by atoms with Crippen molar-refractivity contribution in [3.8, 4) is 0 Å². The predicted molar refractivity (Wildman–Crippen MR) is 84.6 cm³/mol. The summed E-state index contributed by atoms with van der Waals surface area (Å²) in [4.78, 5) is 2.44. The molecule has 4 nitrogen and oxygen atoms in total. The summed E-state index contributed by atoms with van der Waals surface area (Å²) in [7, 11) is -3.16. The number of likely N-dealkylation sites (tertiary alicyclic amines) is 1. The Balaban J connectivity index is 2.00. The molecule has 3 rings (SSSR count). The molecule has 0 aromatic heterocycles. The summed E-state index contributed by atoms with van der Waals surface area (Å²) in [6, 6.07) is 8.30. The SMILES string of the molecule is CCN1CCC2(Cc3ccccc3CN(S(C)(=O)=O)C2)C1. The highest BCUT2D eigenvalue weighted by Gasteiger charge is 2.42. The van der Waals surface area contributed by atoms with Gasteiger partial charge >= 0.3 is 0 Å². The predicted octanol–water partition coefficient (Wildman–Crippen LogP) is 1.72. The fourth-order valence-electron chi connectivity index (χ4n) is 3.77. The average molecular weight is 308 g/mol. The van der Waals surface area contributed by atoms with E-state index in [-0.39, 0.29) is 5.41 Å². The highest BCUT2D eigenvalue weighted by Crippen LogP contribution is 2.39. The van der Waals surface area contributed by atoms with Gasteiger partial charge in [0.15, 0.2) is 0 Å². The molecule has 1 saturated heterocycles. The average Bonchev–Trinajstić information content (AvgIpc) is 2.73. The van der Waals surface area contributed by atoms with Crippen LogP contribution in [0.15, 0.2) is 24.3 Å². The standard InChI is InChI=1S/C16H24N2O2S/c1-3-17-9-8-16(12-17)10-14-6-4-5-7-15(14)11-18(13-16)21(2,19)20/h4-7H,3,8-13H2,1-2H3. The largest absolute Gasteiger partial charge is 0.303 e. The van der Waals surface area contributed by atoms with Gasteiger partial charge in [0, 0.05) is 25.0 Å². The molecule has 5 heteroatoms. The Morgan fingerprint density at radius 3 is 2.52 bits per heavy atom. The molecule has 2 heterocycles. The van der Waals surface area contributed by atoms with Gasteiger partial charge in [-0.15, -0.1) is 0 Å². The first kappa shape index (κ1) is 15.0. The van der Waals surface area contributed by atoms with Crippen molar-refractivity contribution in [2.45, 2.75) is 26.3 Å². The van der Waals surface area contributed by atoms with Crippen molar-refractivity contribution in [1.82, 2.24) is 9.21 Å². The molecular weight excluding hydrogens is 284 g/mol. The Labute approximate surface area is 127 Å². The van der Waals surface area contributed by atoms with Gasteiger partial charge in [-0.3, -0.25) is 0 Å². The smallest absolute Gasteiger partial charge is 0.211 e. The number of hydrogen-bond acceptors (Lipinski definition) is 3. The molecule has 0 N–H and O–H groups in total. The van der Waals surface area contributed by atoms with Crippen LogP contribution in [0.2, 0.25) is 0 Å². The zero-order chi connectivity index (χ0) is 15.1. The maximum absolute atomic E-state index is 12.2. The van der Waals surface area contributed by atoms with Gasteiger partial charge in [-0.05, 0) is 37.1 Å². The molecule has 2 aliphatic rings. The van der Waals surface area contributed by atoms with Crippen molar-refractivity contribution in [2.75, 3.05) is 32.4 Å². The van der Waals surface area contributed by atoms with E-state index < -0.39 is 10.0 Å². The quantitative estimate of drug-likeness (QED) is 0.835. The molecule has 1 aromatic carbocycles. The summed E-state index contributed by atoms with van der Waals surface area (Å²) in [6.45, 7) is 6.47. The normalized spacial score (nSPS) is 27.7. The first-order valence-electron chi connectivity index (χ1n) is 7.66. The Morgan fingerprint density at radius 2 is 1.90 bits per heavy atom. The van der Waals surface area contributed by atoms with Gasteiger partial charge in [-0.2, -0.15) is 4.31 Å². The van der Waals surface area contributed by atoms with Gasteiger partial charge in [0.05, 0.1) is 6.26 Å². The van der Waals surface area contributed by atoms with Crippen molar-refractivity contribution in [2.24, 2.45) is 5.41 Å². The lowest BCUT2D eigenvalue weighted by Gasteiger charge is -2.31. The van der Waals surface area contributed by atoms with E-state index in [2.05, 4.69) is 30.0 Å². The third-order valence-electron chi connectivity index (χ3n) is 4.98. The first-order valence-corrected chi connectivity index (χ1v) is 9.51. The number of rotatable bonds is 2. The minimum absolute atomic E-state index is 0.0751. The number of sulfonamides is 1. The van der Waals surface area contributed by atoms with E-state index in [9.17, 15) is 8.42 Å². The van der Waals surface area contributed by atoms with Crippen molar-refractivity contribution >= 4 is 10.0 Å². The molecule has 1 unspecified atom stereocenters. The van der Waals surface area contributed by atoms with Crippen molar-refractivity contribution in [1.29, 1.82) is 0 Å². The maximum Gasteiger partial charge on any atom is 0.211 e. The van der Waals surface area contributed by atoms with Crippen LogP contribution in [0.25, 0.3) is 0 Å². The number of nitrogens with zero attached hydrogens (tertiary/aromatic N) is 2. The van der Waals surface area contributed by atoms with Gasteiger partial charge in [0.25, 0.3) is 0 Å². The van der Waals surface area contributed by atoms with Gasteiger partial charge < -0.3 is 4.90 Å². The summed E-state index contributed by atoms with van der Waals surface area (Å²) in [5.41, 5.74) is 2.56. The molecule has 21 heavy (non-hydrogen) atoms. The Morgan fingerprint density at radius 1 is 1.19 bits per heavy atom. The number of benzene rings is 1. The van der Waals surface area contributed by atoms with Crippen molar-refractivity contribution in [3.05, 3.63) is 35.4 Å². The fraction of sp³-hybridized carbons (Fsp3) is 0.625. The van der Waals surface area contributed by atoms with Crippen molar-refractivity contribution < 1.29 is 8.42 Å². The van der Waals surface area contributed by atoms with Crippen LogP contribution in [0.5, 0.6) is 0 Å². The summed E-state index contributed by atoms with van der Waals surface area (Å²) >= 11 is 0. The highest BCUT2D eigenvalue weighted by molar-refractivity contribution is 7.88. The summed E-state index contributed by atoms with van der Waals surface area (Å²) < 4.78 is 26.0. The molecular formula is C16H24N2O2S. The molecule has 0 bridgehead atoms. The van der Waals surface area contributed by atoms with E-state index >= 15 is 0 Å². The van der Waals surface area contributed by atoms with Gasteiger partial charge in [0.1, 0.15) is 0 Å². The van der Waals surface area contributed by atoms with Crippen molar-refractivity contribution in [3.63, 3.8) is 0 Å². The van der Waals surface area contributed by atoms with E-state index in [1.807, 2.05) is 6.07 Å². The molecule has 1 aromatic rings. The minimum Gasteiger partial charge on any atom is -0.303 e. The van der Waals surface area contributed by atoms with Crippen LogP contribution in [0.1, 0.15) is 24.5 Å². The van der Waals surface area contributed by atoms with Gasteiger partial charge in [-0.25, -0.2) is 8.42 Å². The molecule has 0 radical (unpaired) electrons. The molecule has 0 amide bonds. The second-order valence-corrected chi connectivity index (χ2v) is 8.58.